The molecule has 1 saturated heterocycles. The van der Waals surface area contributed by atoms with E-state index in [4.69, 9.17) is 4.42 Å². The van der Waals surface area contributed by atoms with E-state index in [1.807, 2.05) is 38.1 Å². The van der Waals surface area contributed by atoms with E-state index in [-0.39, 0.29) is 24.2 Å². The second kappa shape index (κ2) is 7.62. The lowest BCUT2D eigenvalue weighted by atomic mass is 9.88. The van der Waals surface area contributed by atoms with Crippen molar-refractivity contribution in [3.05, 3.63) is 41.8 Å². The molecule has 0 aliphatic carbocycles. The fourth-order valence-electron chi connectivity index (χ4n) is 2.43. The van der Waals surface area contributed by atoms with Crippen LogP contribution in [0.2, 0.25) is 0 Å². The predicted octanol–water partition coefficient (Wildman–Crippen LogP) is 2.54. The summed E-state index contributed by atoms with van der Waals surface area (Å²) in [5.41, 5.74) is 2.88. The van der Waals surface area contributed by atoms with Crippen molar-refractivity contribution < 1.29 is 9.21 Å². The molecule has 1 fully saturated rings. The Kier molecular flexibility index (Phi) is 5.80. The van der Waals surface area contributed by atoms with Gasteiger partial charge in [-0.15, -0.1) is 12.4 Å². The lowest BCUT2D eigenvalue weighted by molar-refractivity contribution is -0.126. The van der Waals surface area contributed by atoms with E-state index in [0.717, 1.165) is 24.3 Å². The van der Waals surface area contributed by atoms with Gasteiger partial charge in [-0.3, -0.25) is 4.79 Å². The number of aromatic nitrogens is 1. The van der Waals surface area contributed by atoms with Crippen LogP contribution in [0.15, 0.2) is 34.9 Å². The highest BCUT2D eigenvalue weighted by atomic mass is 35.5. The summed E-state index contributed by atoms with van der Waals surface area (Å²) in [5.74, 6) is 1.14. The van der Waals surface area contributed by atoms with Gasteiger partial charge in [0.15, 0.2) is 0 Å². The molecule has 1 unspecified atom stereocenters. The van der Waals surface area contributed by atoms with Crippen molar-refractivity contribution in [1.82, 2.24) is 15.6 Å². The Balaban J connectivity index is 0.00000192. The molecule has 2 heterocycles. The lowest BCUT2D eigenvalue weighted by Crippen LogP contribution is -2.49. The number of carbonyl (C=O) groups is 1. The van der Waals surface area contributed by atoms with Gasteiger partial charge in [0.05, 0.1) is 12.2 Å². The molecule has 124 valence electrons. The highest BCUT2D eigenvalue weighted by molar-refractivity contribution is 5.85. The number of carbonyl (C=O) groups excluding carboxylic acids is 1. The topological polar surface area (TPSA) is 67.2 Å². The Hall–Kier alpha value is -1.85. The van der Waals surface area contributed by atoms with E-state index in [0.29, 0.717) is 18.4 Å². The van der Waals surface area contributed by atoms with Crippen molar-refractivity contribution in [3.63, 3.8) is 0 Å². The monoisotopic (exact) mass is 335 g/mol. The Labute approximate surface area is 142 Å². The van der Waals surface area contributed by atoms with Gasteiger partial charge in [-0.25, -0.2) is 4.98 Å². The molecule has 0 radical (unpaired) electrons. The molecular formula is C17H22ClN3O2. The second-order valence-corrected chi connectivity index (χ2v) is 5.93. The van der Waals surface area contributed by atoms with Crippen molar-refractivity contribution in [2.45, 2.75) is 20.4 Å². The molecule has 1 aliphatic rings. The summed E-state index contributed by atoms with van der Waals surface area (Å²) in [4.78, 5) is 16.5. The van der Waals surface area contributed by atoms with Crippen LogP contribution >= 0.6 is 12.4 Å². The lowest BCUT2D eigenvalue weighted by Gasteiger charge is -2.31. The van der Waals surface area contributed by atoms with Crippen molar-refractivity contribution in [2.75, 3.05) is 13.1 Å². The summed E-state index contributed by atoms with van der Waals surface area (Å²) in [6.07, 6.45) is 1.60. The van der Waals surface area contributed by atoms with Crippen LogP contribution < -0.4 is 10.6 Å². The van der Waals surface area contributed by atoms with E-state index in [2.05, 4.69) is 15.6 Å². The summed E-state index contributed by atoms with van der Waals surface area (Å²) in [7, 11) is 0. The van der Waals surface area contributed by atoms with Gasteiger partial charge in [0.2, 0.25) is 11.8 Å². The van der Waals surface area contributed by atoms with Crippen molar-refractivity contribution in [1.29, 1.82) is 0 Å². The van der Waals surface area contributed by atoms with E-state index < -0.39 is 0 Å². The Morgan fingerprint density at radius 3 is 2.70 bits per heavy atom. The third-order valence-electron chi connectivity index (χ3n) is 4.23. The van der Waals surface area contributed by atoms with Crippen LogP contribution in [-0.4, -0.2) is 24.0 Å². The number of nitrogens with one attached hydrogen (secondary N) is 2. The van der Waals surface area contributed by atoms with E-state index >= 15 is 0 Å². The molecule has 1 aromatic carbocycles. The molecule has 1 aromatic heterocycles. The number of aryl methyl sites for hydroxylation is 1. The highest BCUT2D eigenvalue weighted by Crippen LogP contribution is 2.19. The quantitative estimate of drug-likeness (QED) is 0.881. The minimum atomic E-state index is 0. The Bertz CT molecular complexity index is 650. The van der Waals surface area contributed by atoms with Gasteiger partial charge in [0.25, 0.3) is 0 Å². The predicted molar refractivity (Wildman–Crippen MR) is 91.3 cm³/mol. The highest BCUT2D eigenvalue weighted by Gasteiger charge is 2.28. The minimum Gasteiger partial charge on any atom is -0.444 e. The van der Waals surface area contributed by atoms with Crippen LogP contribution in [0.5, 0.6) is 0 Å². The molecule has 1 amide bonds. The van der Waals surface area contributed by atoms with Gasteiger partial charge < -0.3 is 15.1 Å². The van der Waals surface area contributed by atoms with Gasteiger partial charge >= 0.3 is 0 Å². The molecule has 3 rings (SSSR count). The second-order valence-electron chi connectivity index (χ2n) is 5.93. The first-order chi connectivity index (χ1) is 10.6. The third-order valence-corrected chi connectivity index (χ3v) is 4.23. The standard InChI is InChI=1S/C17H21N3O2.ClH/c1-11-3-5-13(6-4-11)17-20-15(10-22-17)9-19-16(21)12(2)14-7-18-8-14;/h3-6,10,12,14,18H,7-9H2,1-2H3,(H,19,21);1H. The molecule has 6 heteroatoms. The maximum atomic E-state index is 12.1. The molecule has 2 N–H and O–H groups in total. The molecule has 0 bridgehead atoms. The van der Waals surface area contributed by atoms with E-state index in [9.17, 15) is 4.79 Å². The first-order valence-electron chi connectivity index (χ1n) is 7.63. The van der Waals surface area contributed by atoms with Gasteiger partial charge in [0.1, 0.15) is 6.26 Å². The van der Waals surface area contributed by atoms with Crippen molar-refractivity contribution >= 4 is 18.3 Å². The number of nitrogens with zero attached hydrogens (tertiary/aromatic N) is 1. The van der Waals surface area contributed by atoms with Gasteiger partial charge in [-0.05, 0) is 38.1 Å². The van der Waals surface area contributed by atoms with E-state index in [1.54, 1.807) is 6.26 Å². The van der Waals surface area contributed by atoms with Crippen molar-refractivity contribution in [2.24, 2.45) is 11.8 Å². The van der Waals surface area contributed by atoms with Crippen LogP contribution in [0.3, 0.4) is 0 Å². The van der Waals surface area contributed by atoms with Crippen LogP contribution in [0.25, 0.3) is 11.5 Å². The van der Waals surface area contributed by atoms with Gasteiger partial charge in [-0.2, -0.15) is 0 Å². The molecule has 1 atom stereocenters. The van der Waals surface area contributed by atoms with E-state index in [1.165, 1.54) is 5.56 Å². The number of halogens is 1. The maximum Gasteiger partial charge on any atom is 0.226 e. The Morgan fingerprint density at radius 2 is 2.09 bits per heavy atom. The fourth-order valence-corrected chi connectivity index (χ4v) is 2.43. The molecule has 5 nitrogen and oxygen atoms in total. The molecule has 23 heavy (non-hydrogen) atoms. The summed E-state index contributed by atoms with van der Waals surface area (Å²) in [5, 5.41) is 6.12. The number of hydrogen-bond donors (Lipinski definition) is 2. The van der Waals surface area contributed by atoms with Crippen LogP contribution in [0.4, 0.5) is 0 Å². The third kappa shape index (κ3) is 4.12. The zero-order valence-corrected chi connectivity index (χ0v) is 14.2. The number of amides is 1. The number of rotatable bonds is 5. The number of benzene rings is 1. The molecule has 0 saturated carbocycles. The van der Waals surface area contributed by atoms with Crippen LogP contribution in [-0.2, 0) is 11.3 Å². The summed E-state index contributed by atoms with van der Waals surface area (Å²) < 4.78 is 5.49. The summed E-state index contributed by atoms with van der Waals surface area (Å²) in [6.45, 7) is 6.27. The number of hydrogen-bond acceptors (Lipinski definition) is 4. The molecule has 0 spiro atoms. The van der Waals surface area contributed by atoms with Gasteiger partial charge in [-0.1, -0.05) is 24.6 Å². The smallest absolute Gasteiger partial charge is 0.226 e. The Morgan fingerprint density at radius 1 is 1.39 bits per heavy atom. The number of oxazole rings is 1. The molecular weight excluding hydrogens is 314 g/mol. The zero-order valence-electron chi connectivity index (χ0n) is 13.3. The largest absolute Gasteiger partial charge is 0.444 e. The first-order valence-corrected chi connectivity index (χ1v) is 7.63. The SMILES string of the molecule is Cc1ccc(-c2nc(CNC(=O)C(C)C3CNC3)co2)cc1.Cl. The first kappa shape index (κ1) is 17.5. The average Bonchev–Trinajstić information content (AvgIpc) is 2.92. The van der Waals surface area contributed by atoms with Crippen LogP contribution in [0, 0.1) is 18.8 Å². The zero-order chi connectivity index (χ0) is 15.5. The normalized spacial score (nSPS) is 15.4. The minimum absolute atomic E-state index is 0. The van der Waals surface area contributed by atoms with Crippen molar-refractivity contribution in [3.8, 4) is 11.5 Å². The van der Waals surface area contributed by atoms with Gasteiger partial charge in [0, 0.05) is 11.5 Å². The average molecular weight is 336 g/mol. The molecule has 2 aromatic rings. The molecule has 1 aliphatic heterocycles. The summed E-state index contributed by atoms with van der Waals surface area (Å²) in [6, 6.07) is 8.01. The fraction of sp³-hybridized carbons (Fsp3) is 0.412. The summed E-state index contributed by atoms with van der Waals surface area (Å²) >= 11 is 0. The maximum absolute atomic E-state index is 12.1. The van der Waals surface area contributed by atoms with Crippen LogP contribution in [0.1, 0.15) is 18.2 Å².